The minimum atomic E-state index is -0.782. The summed E-state index contributed by atoms with van der Waals surface area (Å²) in [6.07, 6.45) is 6.76. The van der Waals surface area contributed by atoms with E-state index in [4.69, 9.17) is 9.47 Å². The van der Waals surface area contributed by atoms with Gasteiger partial charge in [-0.2, -0.15) is 0 Å². The zero-order chi connectivity index (χ0) is 31.1. The number of hydrogen-bond acceptors (Lipinski definition) is 9. The summed E-state index contributed by atoms with van der Waals surface area (Å²) < 4.78 is 10.8. The summed E-state index contributed by atoms with van der Waals surface area (Å²) in [5, 5.41) is 29.2. The summed E-state index contributed by atoms with van der Waals surface area (Å²) in [4.78, 5) is 27.9. The third kappa shape index (κ3) is 7.62. The van der Waals surface area contributed by atoms with Crippen LogP contribution in [0.5, 0.6) is 11.5 Å². The normalized spacial score (nSPS) is 19.8. The number of aliphatic hydroxyl groups is 2. The number of hydrogen-bond donors (Lipinski definition) is 4. The van der Waals surface area contributed by atoms with Crippen LogP contribution < -0.4 is 35.9 Å². The van der Waals surface area contributed by atoms with Crippen LogP contribution in [0.2, 0.25) is 0 Å². The largest absolute Gasteiger partial charge is 0.497 e. The number of anilines is 2. The van der Waals surface area contributed by atoms with Gasteiger partial charge in [-0.3, -0.25) is 9.59 Å². The first-order valence-electron chi connectivity index (χ1n) is 16.1. The quantitative estimate of drug-likeness (QED) is 0.201. The Hall–Kier alpha value is -3.40. The van der Waals surface area contributed by atoms with Crippen LogP contribution in [0.3, 0.4) is 0 Å². The molecule has 1 saturated carbocycles. The van der Waals surface area contributed by atoms with Gasteiger partial charge in [-0.15, -0.1) is 0 Å². The van der Waals surface area contributed by atoms with Gasteiger partial charge in [-0.25, -0.2) is 0 Å². The summed E-state index contributed by atoms with van der Waals surface area (Å²) in [7, 11) is 3.23. The van der Waals surface area contributed by atoms with Crippen molar-refractivity contribution in [3.05, 3.63) is 80.1 Å². The van der Waals surface area contributed by atoms with Crippen LogP contribution >= 0.6 is 0 Å². The molecule has 2 fully saturated rings. The second kappa shape index (κ2) is 15.1. The second-order valence-electron chi connectivity index (χ2n) is 12.5. The predicted octanol–water partition coefficient (Wildman–Crippen LogP) is 4.15. The number of aliphatic hydroxyl groups excluding tert-OH is 2. The van der Waals surface area contributed by atoms with Gasteiger partial charge in [0.15, 0.2) is 0 Å². The first kappa shape index (κ1) is 32.0. The van der Waals surface area contributed by atoms with E-state index >= 15 is 0 Å². The molecule has 0 radical (unpaired) electrons. The summed E-state index contributed by atoms with van der Waals surface area (Å²) in [6, 6.07) is 14.9. The third-order valence-corrected chi connectivity index (χ3v) is 9.45. The van der Waals surface area contributed by atoms with Gasteiger partial charge in [-0.1, -0.05) is 62.4 Å². The summed E-state index contributed by atoms with van der Waals surface area (Å²) in [5.74, 6) is 1.80. The summed E-state index contributed by atoms with van der Waals surface area (Å²) in [5.41, 5.74) is 1.52. The molecule has 9 heteroatoms. The fourth-order valence-corrected chi connectivity index (χ4v) is 6.96. The molecule has 2 aliphatic rings. The lowest BCUT2D eigenvalue weighted by molar-refractivity contribution is 0.0981. The summed E-state index contributed by atoms with van der Waals surface area (Å²) >= 11 is 0. The van der Waals surface area contributed by atoms with E-state index in [1.165, 1.54) is 19.3 Å². The maximum absolute atomic E-state index is 13.0. The fourth-order valence-electron chi connectivity index (χ4n) is 6.96. The van der Waals surface area contributed by atoms with Gasteiger partial charge >= 0.3 is 0 Å². The highest BCUT2D eigenvalue weighted by Gasteiger charge is 2.35. The van der Waals surface area contributed by atoms with E-state index in [1.807, 2.05) is 53.4 Å². The Labute approximate surface area is 259 Å². The molecule has 0 spiro atoms. The smallest absolute Gasteiger partial charge is 0.253 e. The maximum atomic E-state index is 13.0. The maximum Gasteiger partial charge on any atom is 0.253 e. The highest BCUT2D eigenvalue weighted by molar-refractivity contribution is 5.75. The third-order valence-electron chi connectivity index (χ3n) is 9.45. The van der Waals surface area contributed by atoms with Crippen LogP contribution in [0.1, 0.15) is 68.6 Å². The fraction of sp³-hybridized carbons (Fsp3) is 0.543. The number of nitrogens with zero attached hydrogens (tertiary/aromatic N) is 1. The Bertz CT molecular complexity index is 1390. The van der Waals surface area contributed by atoms with Crippen LogP contribution in [0.25, 0.3) is 0 Å². The van der Waals surface area contributed by atoms with Crippen LogP contribution in [-0.4, -0.2) is 56.2 Å². The number of rotatable bonds is 14. The lowest BCUT2D eigenvalue weighted by Crippen LogP contribution is -2.50. The zero-order valence-corrected chi connectivity index (χ0v) is 26.0. The van der Waals surface area contributed by atoms with Crippen molar-refractivity contribution in [1.29, 1.82) is 0 Å². The molecule has 3 aromatic carbocycles. The molecule has 0 bridgehead atoms. The van der Waals surface area contributed by atoms with E-state index in [9.17, 15) is 19.8 Å². The first-order chi connectivity index (χ1) is 21.4. The van der Waals surface area contributed by atoms with Crippen molar-refractivity contribution < 1.29 is 19.7 Å². The van der Waals surface area contributed by atoms with Crippen molar-refractivity contribution in [2.45, 2.75) is 76.2 Å². The van der Waals surface area contributed by atoms with Crippen molar-refractivity contribution in [2.24, 2.45) is 11.8 Å². The van der Waals surface area contributed by atoms with Crippen LogP contribution in [-0.2, 0) is 6.54 Å². The average Bonchev–Trinajstić information content (AvgIpc) is 3.07. The van der Waals surface area contributed by atoms with E-state index in [0.717, 1.165) is 43.2 Å². The van der Waals surface area contributed by atoms with Crippen LogP contribution in [0, 0.1) is 11.8 Å². The van der Waals surface area contributed by atoms with Gasteiger partial charge in [0.1, 0.15) is 22.9 Å². The molecule has 0 aromatic heterocycles. The Morgan fingerprint density at radius 3 is 2.30 bits per heavy atom. The molecule has 0 amide bonds. The van der Waals surface area contributed by atoms with Gasteiger partial charge in [0.25, 0.3) is 10.9 Å². The van der Waals surface area contributed by atoms with E-state index < -0.39 is 23.1 Å². The van der Waals surface area contributed by atoms with Crippen molar-refractivity contribution >= 4 is 11.4 Å². The Morgan fingerprint density at radius 2 is 1.61 bits per heavy atom. The predicted molar refractivity (Wildman–Crippen MR) is 174 cm³/mol. The lowest BCUT2D eigenvalue weighted by atomic mass is 9.83. The van der Waals surface area contributed by atoms with Gasteiger partial charge in [0, 0.05) is 38.2 Å². The lowest BCUT2D eigenvalue weighted by Gasteiger charge is -2.38. The van der Waals surface area contributed by atoms with Crippen molar-refractivity contribution in [3.8, 4) is 11.5 Å². The second-order valence-corrected chi connectivity index (χ2v) is 12.5. The Kier molecular flexibility index (Phi) is 11.0. The molecule has 1 unspecified atom stereocenters. The molecule has 9 nitrogen and oxygen atoms in total. The topological polar surface area (TPSA) is 120 Å². The minimum Gasteiger partial charge on any atom is -0.497 e. The van der Waals surface area contributed by atoms with Crippen molar-refractivity contribution in [1.82, 2.24) is 5.32 Å². The van der Waals surface area contributed by atoms with E-state index in [1.54, 1.807) is 14.2 Å². The number of benzene rings is 2. The Morgan fingerprint density at radius 1 is 0.909 bits per heavy atom. The molecule has 4 N–H and O–H groups in total. The molecule has 44 heavy (non-hydrogen) atoms. The standard InChI is InChI=1S/C35H47N3O6/c1-43-27-16-24(17-28(19-27)44-2)20-36-21-30(39)29(18-23-10-5-3-6-11-23)37-31-32(35(42)34(31)41)38-15-9-14-26(22-38)33(40)25-12-7-4-8-13-25/h4,7-8,12-13,16-17,19,23,26,29-30,33,36-37,39-40H,3,5-6,9-11,14-15,18,20-22H2,1-2H3/t26?,29-,30+,33+/m0/s1. The number of methoxy groups -OCH3 is 2. The molecule has 1 saturated heterocycles. The van der Waals surface area contributed by atoms with E-state index in [2.05, 4.69) is 10.6 Å². The van der Waals surface area contributed by atoms with E-state index in [-0.39, 0.29) is 12.0 Å². The molecular weight excluding hydrogens is 558 g/mol. The number of nitrogens with one attached hydrogen (secondary N) is 2. The monoisotopic (exact) mass is 605 g/mol. The SMILES string of the molecule is COc1cc(CNC[C@@H](O)[C@H](CC2CCCCC2)Nc2c(N3CCCC([C@H](O)c4ccccc4)C3)c(=O)c2=O)cc(OC)c1. The molecule has 4 atom stereocenters. The highest BCUT2D eigenvalue weighted by Crippen LogP contribution is 2.34. The molecule has 1 aliphatic carbocycles. The minimum absolute atomic E-state index is 0.0496. The molecule has 1 heterocycles. The van der Waals surface area contributed by atoms with Crippen molar-refractivity contribution in [2.75, 3.05) is 44.1 Å². The molecular formula is C35H47N3O6. The van der Waals surface area contributed by atoms with Gasteiger partial charge < -0.3 is 35.2 Å². The summed E-state index contributed by atoms with van der Waals surface area (Å²) in [6.45, 7) is 1.96. The molecule has 3 aromatic rings. The van der Waals surface area contributed by atoms with Gasteiger partial charge in [0.05, 0.1) is 32.5 Å². The van der Waals surface area contributed by atoms with E-state index in [0.29, 0.717) is 55.0 Å². The van der Waals surface area contributed by atoms with Gasteiger partial charge in [-0.05, 0) is 48.4 Å². The Balaban J connectivity index is 1.28. The molecule has 1 aliphatic heterocycles. The number of ether oxygens (including phenoxy) is 2. The first-order valence-corrected chi connectivity index (χ1v) is 16.1. The zero-order valence-electron chi connectivity index (χ0n) is 26.0. The van der Waals surface area contributed by atoms with Gasteiger partial charge in [0.2, 0.25) is 0 Å². The van der Waals surface area contributed by atoms with Crippen LogP contribution in [0.15, 0.2) is 58.1 Å². The molecule has 238 valence electrons. The molecule has 5 rings (SSSR count). The highest BCUT2D eigenvalue weighted by atomic mass is 16.5. The number of piperidine rings is 1. The van der Waals surface area contributed by atoms with Crippen LogP contribution in [0.4, 0.5) is 11.4 Å². The average molecular weight is 606 g/mol. The van der Waals surface area contributed by atoms with Crippen molar-refractivity contribution in [3.63, 3.8) is 0 Å².